The van der Waals surface area contributed by atoms with E-state index in [4.69, 9.17) is 23.7 Å². The predicted octanol–water partition coefficient (Wildman–Crippen LogP) is 5.11. The van der Waals surface area contributed by atoms with Crippen LogP contribution in [0.1, 0.15) is 16.7 Å². The molecule has 7 heteroatoms. The Balaban J connectivity index is 0.00000481. The summed E-state index contributed by atoms with van der Waals surface area (Å²) in [6.45, 7) is 1.17. The van der Waals surface area contributed by atoms with Crippen LogP contribution in [0.5, 0.6) is 0 Å². The molecule has 0 bridgehead atoms. The van der Waals surface area contributed by atoms with E-state index in [9.17, 15) is 0 Å². The van der Waals surface area contributed by atoms with Crippen LogP contribution < -0.4 is 39.9 Å². The second kappa shape index (κ2) is 19.6. The molecule has 0 aromatic heterocycles. The number of hydrogen-bond donors (Lipinski definition) is 0. The number of rotatable bonds is 15. The molecule has 1 aliphatic heterocycles. The predicted molar refractivity (Wildman–Crippen MR) is 211 cm³/mol. The Bertz CT molecular complexity index is 1810. The number of methoxy groups -OCH3 is 1. The van der Waals surface area contributed by atoms with Crippen LogP contribution in [0, 0.1) is 0 Å². The molecule has 5 nitrogen and oxygen atoms in total. The van der Waals surface area contributed by atoms with Crippen LogP contribution in [0.4, 0.5) is 0 Å². The van der Waals surface area contributed by atoms with Crippen molar-refractivity contribution in [1.82, 2.24) is 0 Å². The normalized spacial score (nSPS) is 20.0. The maximum absolute atomic E-state index is 7.12. The van der Waals surface area contributed by atoms with Crippen molar-refractivity contribution in [3.05, 3.63) is 199 Å². The average Bonchev–Trinajstić information content (AvgIpc) is 3.23. The summed E-state index contributed by atoms with van der Waals surface area (Å²) in [5.41, 5.74) is 3.21. The highest BCUT2D eigenvalue weighted by Gasteiger charge is 2.55. The molecular formula is C46H46IO5P. The number of hydrogen-bond acceptors (Lipinski definition) is 5. The van der Waals surface area contributed by atoms with Crippen molar-refractivity contribution < 1.29 is 47.7 Å². The molecule has 0 saturated carbocycles. The van der Waals surface area contributed by atoms with E-state index in [1.165, 1.54) is 15.9 Å². The number of halogens is 1. The zero-order chi connectivity index (χ0) is 35.4. The maximum atomic E-state index is 7.12. The summed E-state index contributed by atoms with van der Waals surface area (Å²) in [6.07, 6.45) is -2.02. The van der Waals surface area contributed by atoms with E-state index >= 15 is 0 Å². The van der Waals surface area contributed by atoms with Gasteiger partial charge in [-0.05, 0) is 53.1 Å². The Labute approximate surface area is 331 Å². The van der Waals surface area contributed by atoms with E-state index in [-0.39, 0.29) is 24.0 Å². The minimum absolute atomic E-state index is 0. The summed E-state index contributed by atoms with van der Waals surface area (Å²) in [6, 6.07) is 63.4. The topological polar surface area (TPSA) is 46.2 Å². The molecular weight excluding hydrogens is 790 g/mol. The Morgan fingerprint density at radius 3 is 1.11 bits per heavy atom. The Hall–Kier alpha value is -3.72. The molecule has 0 aliphatic carbocycles. The third kappa shape index (κ3) is 9.51. The van der Waals surface area contributed by atoms with Crippen LogP contribution in [0.2, 0.25) is 0 Å². The van der Waals surface area contributed by atoms with Crippen LogP contribution in [-0.2, 0) is 43.5 Å². The minimum Gasteiger partial charge on any atom is -1.00 e. The van der Waals surface area contributed by atoms with E-state index in [0.717, 1.165) is 16.7 Å². The van der Waals surface area contributed by atoms with Gasteiger partial charge in [0.25, 0.3) is 0 Å². The van der Waals surface area contributed by atoms with Gasteiger partial charge in [-0.3, -0.25) is 0 Å². The molecule has 1 heterocycles. The maximum Gasteiger partial charge on any atom is 0.186 e. The average molecular weight is 837 g/mol. The van der Waals surface area contributed by atoms with E-state index in [1.54, 1.807) is 7.11 Å². The van der Waals surface area contributed by atoms with Crippen molar-refractivity contribution in [3.8, 4) is 0 Å². The molecule has 6 aromatic carbocycles. The lowest BCUT2D eigenvalue weighted by Crippen LogP contribution is -3.00. The molecule has 7 rings (SSSR count). The fraction of sp³-hybridized carbons (Fsp3) is 0.217. The van der Waals surface area contributed by atoms with Gasteiger partial charge in [0.1, 0.15) is 53.8 Å². The molecule has 272 valence electrons. The highest BCUT2D eigenvalue weighted by molar-refractivity contribution is 7.95. The van der Waals surface area contributed by atoms with Crippen molar-refractivity contribution in [2.24, 2.45) is 0 Å². The summed E-state index contributed by atoms with van der Waals surface area (Å²) >= 11 is 0. The third-order valence-electron chi connectivity index (χ3n) is 9.72. The lowest BCUT2D eigenvalue weighted by Gasteiger charge is -2.46. The van der Waals surface area contributed by atoms with Crippen molar-refractivity contribution in [1.29, 1.82) is 0 Å². The second-order valence-electron chi connectivity index (χ2n) is 13.1. The van der Waals surface area contributed by atoms with E-state index in [1.807, 2.05) is 54.6 Å². The fourth-order valence-electron chi connectivity index (χ4n) is 7.16. The number of benzene rings is 6. The third-order valence-corrected chi connectivity index (χ3v) is 14.2. The first kappa shape index (κ1) is 39.0. The highest BCUT2D eigenvalue weighted by Crippen LogP contribution is 2.57. The molecule has 0 spiro atoms. The molecule has 1 aliphatic rings. The van der Waals surface area contributed by atoms with Gasteiger partial charge >= 0.3 is 0 Å². The van der Waals surface area contributed by atoms with Gasteiger partial charge in [0.05, 0.1) is 19.8 Å². The monoisotopic (exact) mass is 836 g/mol. The molecule has 53 heavy (non-hydrogen) atoms. The van der Waals surface area contributed by atoms with Gasteiger partial charge in [-0.2, -0.15) is 0 Å². The number of ether oxygens (including phenoxy) is 5. The lowest BCUT2D eigenvalue weighted by molar-refractivity contribution is -0.313. The van der Waals surface area contributed by atoms with Crippen LogP contribution in [0.3, 0.4) is 0 Å². The van der Waals surface area contributed by atoms with Crippen LogP contribution in [0.25, 0.3) is 0 Å². The SMILES string of the molecule is CO[C@H]1O[C@H](C[P+](c2ccccc2)(c2ccccc2)c2ccccc2)[C@H](OCc2ccccc2)[C@H](OCc2ccccc2)[C@H]1OCc1ccccc1.[I-]. The van der Waals surface area contributed by atoms with Gasteiger partial charge < -0.3 is 47.7 Å². The van der Waals surface area contributed by atoms with Crippen LogP contribution in [0.15, 0.2) is 182 Å². The van der Waals surface area contributed by atoms with Crippen LogP contribution >= 0.6 is 7.26 Å². The first-order chi connectivity index (χ1) is 25.7. The molecule has 0 N–H and O–H groups in total. The van der Waals surface area contributed by atoms with Gasteiger partial charge in [0.2, 0.25) is 0 Å². The highest BCUT2D eigenvalue weighted by atomic mass is 127. The van der Waals surface area contributed by atoms with Crippen molar-refractivity contribution in [2.75, 3.05) is 13.3 Å². The van der Waals surface area contributed by atoms with E-state index in [2.05, 4.69) is 127 Å². The first-order valence-corrected chi connectivity index (χ1v) is 19.9. The summed E-state index contributed by atoms with van der Waals surface area (Å²) in [4.78, 5) is 0. The molecule has 1 saturated heterocycles. The van der Waals surface area contributed by atoms with Crippen molar-refractivity contribution in [3.63, 3.8) is 0 Å². The zero-order valence-corrected chi connectivity index (χ0v) is 33.0. The summed E-state index contributed by atoms with van der Waals surface area (Å²) in [7, 11) is -0.647. The molecule has 0 unspecified atom stereocenters. The quantitative estimate of drug-likeness (QED) is 0.106. The summed E-state index contributed by atoms with van der Waals surface area (Å²) < 4.78 is 34.0. The summed E-state index contributed by atoms with van der Waals surface area (Å²) in [5.74, 6) is 0. The molecule has 0 amide bonds. The fourth-order valence-corrected chi connectivity index (χ4v) is 11.6. The standard InChI is InChI=1S/C46H46O5P.HI/c1-47-46-45(50-34-38-24-12-4-13-25-38)44(49-33-37-22-10-3-11-23-37)43(48-32-36-20-8-2-9-21-36)42(51-46)35-52(39-26-14-5-15-27-39,40-28-16-6-17-29-40)41-30-18-7-19-31-41;/h2-31,42-46H,32-35H2,1H3;1H/q+1;/p-1/t42-,43+,44+,45-,46+;/m1./s1. The molecule has 6 aromatic rings. The van der Waals surface area contributed by atoms with Crippen molar-refractivity contribution >= 4 is 23.2 Å². The Morgan fingerprint density at radius 1 is 0.434 bits per heavy atom. The van der Waals surface area contributed by atoms with Crippen molar-refractivity contribution in [2.45, 2.75) is 50.5 Å². The lowest BCUT2D eigenvalue weighted by atomic mass is 9.98. The molecule has 0 radical (unpaired) electrons. The van der Waals surface area contributed by atoms with Crippen LogP contribution in [-0.4, -0.2) is 44.0 Å². The van der Waals surface area contributed by atoms with Gasteiger partial charge in [-0.1, -0.05) is 146 Å². The Morgan fingerprint density at radius 2 is 0.755 bits per heavy atom. The summed E-state index contributed by atoms with van der Waals surface area (Å²) in [5, 5.41) is 3.82. The van der Waals surface area contributed by atoms with E-state index < -0.39 is 38.0 Å². The van der Waals surface area contributed by atoms with Gasteiger partial charge in [-0.25, -0.2) is 0 Å². The first-order valence-electron chi connectivity index (χ1n) is 17.9. The minimum atomic E-state index is -2.34. The molecule has 1 fully saturated rings. The smallest absolute Gasteiger partial charge is 0.186 e. The second-order valence-corrected chi connectivity index (χ2v) is 16.6. The Kier molecular flexibility index (Phi) is 14.4. The van der Waals surface area contributed by atoms with E-state index in [0.29, 0.717) is 26.0 Å². The zero-order valence-electron chi connectivity index (χ0n) is 29.9. The van der Waals surface area contributed by atoms with Gasteiger partial charge in [0.15, 0.2) is 6.29 Å². The largest absolute Gasteiger partial charge is 1.00 e. The van der Waals surface area contributed by atoms with Gasteiger partial charge in [0, 0.05) is 7.11 Å². The van der Waals surface area contributed by atoms with Gasteiger partial charge in [-0.15, -0.1) is 0 Å². The molecule has 5 atom stereocenters.